The molecule has 0 aliphatic heterocycles. The maximum absolute atomic E-state index is 11.9. The molecule has 0 unspecified atom stereocenters. The number of carbonyl (C=O) groups is 2. The van der Waals surface area contributed by atoms with E-state index in [-0.39, 0.29) is 24.3 Å². The van der Waals surface area contributed by atoms with E-state index in [0.717, 1.165) is 25.9 Å². The van der Waals surface area contributed by atoms with Gasteiger partial charge in [-0.2, -0.15) is 0 Å². The average molecular weight is 385 g/mol. The predicted molar refractivity (Wildman–Crippen MR) is 109 cm³/mol. The predicted octanol–water partition coefficient (Wildman–Crippen LogP) is 4.28. The highest BCUT2D eigenvalue weighted by Gasteiger charge is 2.09. The molecular formula is C20H33ClN2O3. The molecule has 0 bridgehead atoms. The molecule has 0 radical (unpaired) electrons. The van der Waals surface area contributed by atoms with E-state index in [1.165, 1.54) is 0 Å². The van der Waals surface area contributed by atoms with Gasteiger partial charge in [0.2, 0.25) is 5.91 Å². The monoisotopic (exact) mass is 384 g/mol. The van der Waals surface area contributed by atoms with Crippen molar-refractivity contribution < 1.29 is 14.3 Å². The second-order valence-corrected chi connectivity index (χ2v) is 7.17. The van der Waals surface area contributed by atoms with Gasteiger partial charge in [-0.1, -0.05) is 27.7 Å². The topological polar surface area (TPSA) is 67.4 Å². The molecule has 0 fully saturated rings. The van der Waals surface area contributed by atoms with Crippen molar-refractivity contribution in [2.45, 2.75) is 47.0 Å². The Morgan fingerprint density at radius 3 is 2.23 bits per heavy atom. The second kappa shape index (κ2) is 13.6. The van der Waals surface area contributed by atoms with Crippen LogP contribution in [0.15, 0.2) is 24.3 Å². The molecule has 0 saturated carbocycles. The van der Waals surface area contributed by atoms with Crippen LogP contribution in [0.25, 0.3) is 0 Å². The van der Waals surface area contributed by atoms with Crippen LogP contribution < -0.4 is 10.6 Å². The maximum atomic E-state index is 11.9. The van der Waals surface area contributed by atoms with Crippen molar-refractivity contribution >= 4 is 30.0 Å². The summed E-state index contributed by atoms with van der Waals surface area (Å²) < 4.78 is 5.18. The third kappa shape index (κ3) is 11.1. The van der Waals surface area contributed by atoms with Gasteiger partial charge in [-0.05, 0) is 62.0 Å². The maximum Gasteiger partial charge on any atom is 0.338 e. The van der Waals surface area contributed by atoms with Gasteiger partial charge in [0.1, 0.15) is 0 Å². The minimum Gasteiger partial charge on any atom is -0.462 e. The number of carbonyl (C=O) groups excluding carboxylic acids is 2. The lowest BCUT2D eigenvalue weighted by Crippen LogP contribution is -2.21. The molecule has 0 aliphatic carbocycles. The van der Waals surface area contributed by atoms with Gasteiger partial charge < -0.3 is 15.4 Å². The Morgan fingerprint density at radius 1 is 1.00 bits per heavy atom. The molecule has 0 aliphatic rings. The SMILES string of the molecule is CC(C)CNCCCCC(=O)Nc1ccc(C(=O)OCC(C)C)cc1.Cl. The van der Waals surface area contributed by atoms with Gasteiger partial charge in [0.15, 0.2) is 0 Å². The van der Waals surface area contributed by atoms with Gasteiger partial charge in [-0.15, -0.1) is 12.4 Å². The molecule has 0 heterocycles. The molecule has 1 aromatic rings. The van der Waals surface area contributed by atoms with Crippen LogP contribution in [0.2, 0.25) is 0 Å². The first kappa shape index (κ1) is 24.4. The molecule has 148 valence electrons. The Labute approximate surface area is 163 Å². The summed E-state index contributed by atoms with van der Waals surface area (Å²) in [6, 6.07) is 6.81. The zero-order valence-electron chi connectivity index (χ0n) is 16.3. The lowest BCUT2D eigenvalue weighted by molar-refractivity contribution is -0.116. The van der Waals surface area contributed by atoms with Crippen molar-refractivity contribution in [3.05, 3.63) is 29.8 Å². The minimum absolute atomic E-state index is 0. The van der Waals surface area contributed by atoms with Gasteiger partial charge in [0, 0.05) is 12.1 Å². The van der Waals surface area contributed by atoms with Crippen LogP contribution in [0.3, 0.4) is 0 Å². The van der Waals surface area contributed by atoms with E-state index < -0.39 is 0 Å². The van der Waals surface area contributed by atoms with E-state index in [4.69, 9.17) is 4.74 Å². The fourth-order valence-corrected chi connectivity index (χ4v) is 2.17. The Balaban J connectivity index is 0.00000625. The fourth-order valence-electron chi connectivity index (χ4n) is 2.17. The Kier molecular flexibility index (Phi) is 12.8. The molecule has 2 N–H and O–H groups in total. The van der Waals surface area contributed by atoms with Crippen molar-refractivity contribution in [3.8, 4) is 0 Å². The molecule has 26 heavy (non-hydrogen) atoms. The van der Waals surface area contributed by atoms with Crippen molar-refractivity contribution in [1.82, 2.24) is 5.32 Å². The molecule has 0 spiro atoms. The van der Waals surface area contributed by atoms with Crippen LogP contribution in [0.5, 0.6) is 0 Å². The first-order chi connectivity index (χ1) is 11.9. The van der Waals surface area contributed by atoms with Gasteiger partial charge in [-0.3, -0.25) is 4.79 Å². The third-order valence-electron chi connectivity index (χ3n) is 3.51. The molecule has 0 aromatic heterocycles. The van der Waals surface area contributed by atoms with Crippen LogP contribution in [0, 0.1) is 11.8 Å². The second-order valence-electron chi connectivity index (χ2n) is 7.17. The summed E-state index contributed by atoms with van der Waals surface area (Å²) in [5.74, 6) is 0.622. The van der Waals surface area contributed by atoms with E-state index in [9.17, 15) is 9.59 Å². The first-order valence-electron chi connectivity index (χ1n) is 9.16. The number of benzene rings is 1. The zero-order chi connectivity index (χ0) is 18.7. The van der Waals surface area contributed by atoms with Gasteiger partial charge in [0.25, 0.3) is 0 Å². The van der Waals surface area contributed by atoms with E-state index >= 15 is 0 Å². The highest BCUT2D eigenvalue weighted by atomic mass is 35.5. The standard InChI is InChI=1S/C20H32N2O3.ClH/c1-15(2)13-21-12-6-5-7-19(23)22-18-10-8-17(9-11-18)20(24)25-14-16(3)4;/h8-11,15-16,21H,5-7,12-14H2,1-4H3,(H,22,23);1H. The highest BCUT2D eigenvalue weighted by Crippen LogP contribution is 2.12. The minimum atomic E-state index is -0.333. The van der Waals surface area contributed by atoms with E-state index in [0.29, 0.717) is 36.1 Å². The van der Waals surface area contributed by atoms with Crippen molar-refractivity contribution in [2.75, 3.05) is 25.0 Å². The average Bonchev–Trinajstić information content (AvgIpc) is 2.56. The summed E-state index contributed by atoms with van der Waals surface area (Å²) in [5, 5.41) is 6.22. The molecule has 0 atom stereocenters. The number of esters is 1. The fraction of sp³-hybridized carbons (Fsp3) is 0.600. The largest absolute Gasteiger partial charge is 0.462 e. The van der Waals surface area contributed by atoms with E-state index in [2.05, 4.69) is 24.5 Å². The van der Waals surface area contributed by atoms with Crippen LogP contribution in [0.1, 0.15) is 57.3 Å². The third-order valence-corrected chi connectivity index (χ3v) is 3.51. The summed E-state index contributed by atoms with van der Waals surface area (Å²) in [6.07, 6.45) is 2.35. The molecule has 1 rings (SSSR count). The highest BCUT2D eigenvalue weighted by molar-refractivity contribution is 5.93. The number of ether oxygens (including phenoxy) is 1. The number of nitrogens with one attached hydrogen (secondary N) is 2. The quantitative estimate of drug-likeness (QED) is 0.441. The normalized spacial score (nSPS) is 10.5. The van der Waals surface area contributed by atoms with Gasteiger partial charge in [0.05, 0.1) is 12.2 Å². The number of hydrogen-bond donors (Lipinski definition) is 2. The Hall–Kier alpha value is -1.59. The van der Waals surface area contributed by atoms with E-state index in [1.807, 2.05) is 13.8 Å². The van der Waals surface area contributed by atoms with Crippen molar-refractivity contribution in [3.63, 3.8) is 0 Å². The summed E-state index contributed by atoms with van der Waals surface area (Å²) in [4.78, 5) is 23.8. The molecule has 6 heteroatoms. The summed E-state index contributed by atoms with van der Waals surface area (Å²) in [7, 11) is 0. The lowest BCUT2D eigenvalue weighted by Gasteiger charge is -2.09. The molecular weight excluding hydrogens is 352 g/mol. The molecule has 0 saturated heterocycles. The number of hydrogen-bond acceptors (Lipinski definition) is 4. The Morgan fingerprint density at radius 2 is 1.65 bits per heavy atom. The summed E-state index contributed by atoms with van der Waals surface area (Å²) in [6.45, 7) is 10.7. The molecule has 5 nitrogen and oxygen atoms in total. The Bertz CT molecular complexity index is 530. The number of unbranched alkanes of at least 4 members (excludes halogenated alkanes) is 1. The molecule has 1 amide bonds. The van der Waals surface area contributed by atoms with Crippen molar-refractivity contribution in [2.24, 2.45) is 11.8 Å². The smallest absolute Gasteiger partial charge is 0.338 e. The van der Waals surface area contributed by atoms with Crippen LogP contribution in [0.4, 0.5) is 5.69 Å². The lowest BCUT2D eigenvalue weighted by atomic mass is 10.2. The summed E-state index contributed by atoms with van der Waals surface area (Å²) >= 11 is 0. The van der Waals surface area contributed by atoms with Crippen LogP contribution >= 0.6 is 12.4 Å². The summed E-state index contributed by atoms with van der Waals surface area (Å²) in [5.41, 5.74) is 1.19. The number of rotatable bonds is 11. The number of amides is 1. The first-order valence-corrected chi connectivity index (χ1v) is 9.16. The van der Waals surface area contributed by atoms with Gasteiger partial charge in [-0.25, -0.2) is 4.79 Å². The number of anilines is 1. The van der Waals surface area contributed by atoms with Crippen molar-refractivity contribution in [1.29, 1.82) is 0 Å². The zero-order valence-corrected chi connectivity index (χ0v) is 17.2. The number of halogens is 1. The van der Waals surface area contributed by atoms with Crippen LogP contribution in [-0.2, 0) is 9.53 Å². The van der Waals surface area contributed by atoms with Gasteiger partial charge >= 0.3 is 5.97 Å². The van der Waals surface area contributed by atoms with E-state index in [1.54, 1.807) is 24.3 Å². The van der Waals surface area contributed by atoms with Crippen LogP contribution in [-0.4, -0.2) is 31.6 Å². The molecule has 1 aromatic carbocycles.